The van der Waals surface area contributed by atoms with E-state index in [2.05, 4.69) is 24.8 Å². The van der Waals surface area contributed by atoms with Crippen LogP contribution >= 0.6 is 0 Å². The Balaban J connectivity index is 1.88. The lowest BCUT2D eigenvalue weighted by atomic mass is 9.86. The van der Waals surface area contributed by atoms with Crippen LogP contribution in [0.25, 0.3) is 11.4 Å². The predicted octanol–water partition coefficient (Wildman–Crippen LogP) is 1.63. The van der Waals surface area contributed by atoms with Crippen molar-refractivity contribution in [3.05, 3.63) is 24.5 Å². The number of likely N-dealkylation sites (tertiary alicyclic amines) is 1. The lowest BCUT2D eigenvalue weighted by molar-refractivity contribution is -0.274. The van der Waals surface area contributed by atoms with Crippen LogP contribution in [0.3, 0.4) is 0 Å². The molecule has 182 valence electrons. The fourth-order valence-electron chi connectivity index (χ4n) is 3.63. The van der Waals surface area contributed by atoms with Crippen LogP contribution in [0, 0.1) is 5.41 Å². The fraction of sp³-hybridized carbons (Fsp3) is 0.579. The Morgan fingerprint density at radius 3 is 2.55 bits per heavy atom. The van der Waals surface area contributed by atoms with Gasteiger partial charge in [-0.15, -0.1) is 18.3 Å². The van der Waals surface area contributed by atoms with Crippen molar-refractivity contribution in [2.45, 2.75) is 51.1 Å². The number of halogens is 3. The second kappa shape index (κ2) is 9.35. The molecule has 0 radical (unpaired) electrons. The van der Waals surface area contributed by atoms with Crippen molar-refractivity contribution >= 4 is 16.9 Å². The first-order valence-electron chi connectivity index (χ1n) is 10.0. The molecule has 2 aromatic heterocycles. The summed E-state index contributed by atoms with van der Waals surface area (Å²) in [4.78, 5) is 18.8. The number of ether oxygens (including phenoxy) is 1. The summed E-state index contributed by atoms with van der Waals surface area (Å²) in [6, 6.07) is 1.55. The van der Waals surface area contributed by atoms with Crippen LogP contribution < -0.4 is 9.46 Å². The summed E-state index contributed by atoms with van der Waals surface area (Å²) in [6.07, 6.45) is -3.07. The standard InChI is InChI=1S/C19H25F3N6O4S/c1-18(2,3)16(17(30)27-9-11(29)7-15(27)33(31)23-4)28-10-14(25-26-28)13-6-5-12(8-24-13)32-19(20,21)22/h5-6,8,10-11,15-16,23,29H,7,9H2,1-4H3/t11-,15-,16-,33?/m1/s1. The smallest absolute Gasteiger partial charge is 0.404 e. The van der Waals surface area contributed by atoms with Gasteiger partial charge in [0.1, 0.15) is 33.8 Å². The second-order valence-electron chi connectivity index (χ2n) is 8.62. The zero-order chi connectivity index (χ0) is 24.6. The average Bonchev–Trinajstić information content (AvgIpc) is 3.33. The van der Waals surface area contributed by atoms with E-state index < -0.39 is 46.0 Å². The fourth-order valence-corrected chi connectivity index (χ4v) is 4.72. The lowest BCUT2D eigenvalue weighted by Gasteiger charge is -2.34. The first-order valence-corrected chi connectivity index (χ1v) is 11.2. The van der Waals surface area contributed by atoms with E-state index in [0.29, 0.717) is 0 Å². The Morgan fingerprint density at radius 2 is 2.00 bits per heavy atom. The number of carbonyl (C=O) groups is 1. The van der Waals surface area contributed by atoms with Crippen molar-refractivity contribution < 1.29 is 32.0 Å². The lowest BCUT2D eigenvalue weighted by Crippen LogP contribution is -2.47. The molecule has 1 aliphatic rings. The van der Waals surface area contributed by atoms with Gasteiger partial charge in [-0.1, -0.05) is 26.0 Å². The van der Waals surface area contributed by atoms with Crippen LogP contribution in [0.4, 0.5) is 13.2 Å². The summed E-state index contributed by atoms with van der Waals surface area (Å²) < 4.78 is 57.2. The number of aromatic nitrogens is 4. The van der Waals surface area contributed by atoms with Gasteiger partial charge in [0.05, 0.1) is 24.2 Å². The van der Waals surface area contributed by atoms with E-state index in [0.717, 1.165) is 12.3 Å². The molecule has 14 heteroatoms. The van der Waals surface area contributed by atoms with E-state index >= 15 is 0 Å². The number of nitrogens with one attached hydrogen (secondary N) is 1. The minimum atomic E-state index is -4.83. The van der Waals surface area contributed by atoms with Gasteiger partial charge in [0.2, 0.25) is 5.91 Å². The summed E-state index contributed by atoms with van der Waals surface area (Å²) in [6.45, 7) is 5.52. The monoisotopic (exact) mass is 490 g/mol. The normalized spacial score (nSPS) is 21.2. The number of alkyl halides is 3. The zero-order valence-electron chi connectivity index (χ0n) is 18.4. The molecule has 2 N–H and O–H groups in total. The second-order valence-corrected chi connectivity index (χ2v) is 10.2. The first kappa shape index (κ1) is 25.1. The maximum absolute atomic E-state index is 13.5. The number of aliphatic hydroxyl groups excluding tert-OH is 1. The molecule has 10 nitrogen and oxygen atoms in total. The van der Waals surface area contributed by atoms with Gasteiger partial charge in [0.25, 0.3) is 0 Å². The molecule has 2 aromatic rings. The Labute approximate surface area is 190 Å². The minimum Gasteiger partial charge on any atom is -0.404 e. The third-order valence-electron chi connectivity index (χ3n) is 5.02. The number of hydrogen-bond acceptors (Lipinski definition) is 7. The molecular formula is C19H25F3N6O4S. The highest BCUT2D eigenvalue weighted by Gasteiger charge is 2.44. The molecule has 0 bridgehead atoms. The quantitative estimate of drug-likeness (QED) is 0.631. The number of carbonyl (C=O) groups excluding carboxylic acids is 1. The van der Waals surface area contributed by atoms with Crippen LogP contribution in [0.1, 0.15) is 33.2 Å². The van der Waals surface area contributed by atoms with Crippen molar-refractivity contribution in [3.63, 3.8) is 0 Å². The third-order valence-corrected chi connectivity index (χ3v) is 6.37. The maximum Gasteiger partial charge on any atom is 0.573 e. The number of hydrogen-bond donors (Lipinski definition) is 2. The highest BCUT2D eigenvalue weighted by atomic mass is 32.2. The maximum atomic E-state index is 13.5. The molecule has 3 heterocycles. The molecule has 0 saturated carbocycles. The van der Waals surface area contributed by atoms with E-state index in [1.807, 2.05) is 20.8 Å². The van der Waals surface area contributed by atoms with E-state index in [1.54, 1.807) is 0 Å². The third kappa shape index (κ3) is 5.86. The van der Waals surface area contributed by atoms with Gasteiger partial charge < -0.3 is 14.7 Å². The molecule has 0 aromatic carbocycles. The number of nitrogens with zero attached hydrogens (tertiary/aromatic N) is 5. The Bertz CT molecular complexity index is 1010. The number of amides is 1. The average molecular weight is 491 g/mol. The van der Waals surface area contributed by atoms with Gasteiger partial charge in [-0.25, -0.2) is 13.6 Å². The summed E-state index contributed by atoms with van der Waals surface area (Å²) in [5.74, 6) is -0.858. The van der Waals surface area contributed by atoms with Gasteiger partial charge in [-0.3, -0.25) is 9.78 Å². The molecule has 0 aliphatic carbocycles. The topological polar surface area (TPSA) is 122 Å². The molecule has 1 amide bonds. The first-order chi connectivity index (χ1) is 15.3. The van der Waals surface area contributed by atoms with Gasteiger partial charge in [0.15, 0.2) is 0 Å². The summed E-state index contributed by atoms with van der Waals surface area (Å²) in [5, 5.41) is 17.5. The van der Waals surface area contributed by atoms with Crippen molar-refractivity contribution in [3.8, 4) is 17.1 Å². The zero-order valence-corrected chi connectivity index (χ0v) is 19.2. The number of pyridine rings is 1. The molecule has 1 saturated heterocycles. The largest absolute Gasteiger partial charge is 0.573 e. The predicted molar refractivity (Wildman–Crippen MR) is 112 cm³/mol. The van der Waals surface area contributed by atoms with Crippen LogP contribution in [-0.4, -0.2) is 71.5 Å². The van der Waals surface area contributed by atoms with Crippen molar-refractivity contribution in [1.29, 1.82) is 0 Å². The molecular weight excluding hydrogens is 465 g/mol. The minimum absolute atomic E-state index is 0.0350. The van der Waals surface area contributed by atoms with Crippen molar-refractivity contribution in [2.75, 3.05) is 13.6 Å². The van der Waals surface area contributed by atoms with Gasteiger partial charge >= 0.3 is 6.36 Å². The van der Waals surface area contributed by atoms with Crippen molar-refractivity contribution in [1.82, 2.24) is 29.6 Å². The highest BCUT2D eigenvalue weighted by molar-refractivity contribution is 7.83. The summed E-state index contributed by atoms with van der Waals surface area (Å²) in [7, 11) is -0.0534. The highest BCUT2D eigenvalue weighted by Crippen LogP contribution is 2.35. The van der Waals surface area contributed by atoms with Crippen LogP contribution in [0.2, 0.25) is 0 Å². The number of aliphatic hydroxyl groups is 1. The van der Waals surface area contributed by atoms with Crippen LogP contribution in [-0.2, 0) is 15.8 Å². The molecule has 0 spiro atoms. The van der Waals surface area contributed by atoms with E-state index in [1.165, 1.54) is 28.9 Å². The van der Waals surface area contributed by atoms with Gasteiger partial charge in [-0.05, 0) is 24.6 Å². The van der Waals surface area contributed by atoms with Crippen LogP contribution in [0.15, 0.2) is 24.5 Å². The molecule has 4 atom stereocenters. The molecule has 1 unspecified atom stereocenters. The van der Waals surface area contributed by atoms with E-state index in [-0.39, 0.29) is 30.3 Å². The Morgan fingerprint density at radius 1 is 1.30 bits per heavy atom. The van der Waals surface area contributed by atoms with Crippen LogP contribution in [0.5, 0.6) is 5.75 Å². The summed E-state index contributed by atoms with van der Waals surface area (Å²) >= 11 is 0. The molecule has 1 aliphatic heterocycles. The molecule has 3 rings (SSSR count). The molecule has 1 fully saturated rings. The Hall–Kier alpha value is -2.58. The van der Waals surface area contributed by atoms with E-state index in [9.17, 15) is 27.3 Å². The SMILES string of the molecule is CNS(=O)[C@@H]1C[C@@H](O)CN1C(=O)[C@@H](n1cc(-c2ccc(OC(F)(F)F)cn2)nn1)C(C)(C)C. The Kier molecular flexibility index (Phi) is 7.10. The van der Waals surface area contributed by atoms with Crippen molar-refractivity contribution in [2.24, 2.45) is 5.41 Å². The summed E-state index contributed by atoms with van der Waals surface area (Å²) in [5.41, 5.74) is -0.159. The van der Waals surface area contributed by atoms with Gasteiger partial charge in [-0.2, -0.15) is 0 Å². The van der Waals surface area contributed by atoms with Gasteiger partial charge in [0, 0.05) is 13.0 Å². The van der Waals surface area contributed by atoms with E-state index in [4.69, 9.17) is 0 Å². The number of rotatable bonds is 6. The number of β-amino-alcohol motifs (C(OH)–C–C–N with tert-alkyl or cyclic N) is 1. The molecule has 33 heavy (non-hydrogen) atoms.